The second-order valence-electron chi connectivity index (χ2n) is 7.12. The molecular weight excluding hydrogens is 346 g/mol. The molecule has 28 heavy (non-hydrogen) atoms. The van der Waals surface area contributed by atoms with E-state index in [0.717, 1.165) is 11.3 Å². The van der Waals surface area contributed by atoms with Crippen LogP contribution in [-0.2, 0) is 11.2 Å². The number of benzene rings is 2. The molecule has 2 aromatic carbocycles. The third-order valence-corrected chi connectivity index (χ3v) is 4.94. The van der Waals surface area contributed by atoms with E-state index >= 15 is 0 Å². The Bertz CT molecular complexity index is 851. The SMILES string of the molecule is CN(C)C(CNC(=O)C(Cc1ccccn1)c1ccccc1)c1ccccc1. The summed E-state index contributed by atoms with van der Waals surface area (Å²) >= 11 is 0. The van der Waals surface area contributed by atoms with Crippen molar-refractivity contribution in [3.63, 3.8) is 0 Å². The van der Waals surface area contributed by atoms with Crippen molar-refractivity contribution in [2.75, 3.05) is 20.6 Å². The molecule has 3 aromatic rings. The predicted octanol–water partition coefficient (Wildman–Crippen LogP) is 3.83. The molecule has 1 heterocycles. The Morgan fingerprint density at radius 2 is 1.50 bits per heavy atom. The van der Waals surface area contributed by atoms with Crippen molar-refractivity contribution < 1.29 is 4.79 Å². The number of hydrogen-bond acceptors (Lipinski definition) is 3. The van der Waals surface area contributed by atoms with E-state index in [2.05, 4.69) is 27.3 Å². The van der Waals surface area contributed by atoms with Crippen molar-refractivity contribution in [1.29, 1.82) is 0 Å². The summed E-state index contributed by atoms with van der Waals surface area (Å²) in [6, 6.07) is 26.1. The monoisotopic (exact) mass is 373 g/mol. The van der Waals surface area contributed by atoms with Crippen LogP contribution in [-0.4, -0.2) is 36.4 Å². The van der Waals surface area contributed by atoms with E-state index in [-0.39, 0.29) is 17.9 Å². The number of hydrogen-bond donors (Lipinski definition) is 1. The summed E-state index contributed by atoms with van der Waals surface area (Å²) in [6.07, 6.45) is 2.35. The number of likely N-dealkylation sites (N-methyl/N-ethyl adjacent to an activating group) is 1. The molecule has 1 aromatic heterocycles. The van der Waals surface area contributed by atoms with Gasteiger partial charge in [-0.25, -0.2) is 0 Å². The van der Waals surface area contributed by atoms with Gasteiger partial charge in [0.2, 0.25) is 5.91 Å². The highest BCUT2D eigenvalue weighted by Gasteiger charge is 2.23. The normalized spacial score (nSPS) is 13.1. The summed E-state index contributed by atoms with van der Waals surface area (Å²) in [4.78, 5) is 19.7. The fourth-order valence-electron chi connectivity index (χ4n) is 3.37. The van der Waals surface area contributed by atoms with Crippen LogP contribution in [0.3, 0.4) is 0 Å². The molecule has 0 aliphatic heterocycles. The van der Waals surface area contributed by atoms with Crippen LogP contribution in [0.5, 0.6) is 0 Å². The highest BCUT2D eigenvalue weighted by Crippen LogP contribution is 2.22. The smallest absolute Gasteiger partial charge is 0.228 e. The second-order valence-corrected chi connectivity index (χ2v) is 7.12. The molecular formula is C24H27N3O. The Morgan fingerprint density at radius 1 is 0.893 bits per heavy atom. The Balaban J connectivity index is 1.75. The average molecular weight is 374 g/mol. The number of aromatic nitrogens is 1. The van der Waals surface area contributed by atoms with Gasteiger partial charge in [-0.3, -0.25) is 9.78 Å². The standard InChI is InChI=1S/C24H27N3O/c1-27(2)23(20-13-7-4-8-14-20)18-26-24(28)22(19-11-5-3-6-12-19)17-21-15-9-10-16-25-21/h3-16,22-23H,17-18H2,1-2H3,(H,26,28). The van der Waals surface area contributed by atoms with Crippen LogP contribution in [0, 0.1) is 0 Å². The van der Waals surface area contributed by atoms with E-state index in [9.17, 15) is 4.79 Å². The summed E-state index contributed by atoms with van der Waals surface area (Å²) in [5.74, 6) is -0.241. The molecule has 0 aliphatic rings. The first-order chi connectivity index (χ1) is 13.6. The van der Waals surface area contributed by atoms with E-state index < -0.39 is 0 Å². The van der Waals surface area contributed by atoms with Gasteiger partial charge in [0.05, 0.1) is 12.0 Å². The maximum atomic E-state index is 13.1. The number of nitrogens with zero attached hydrogens (tertiary/aromatic N) is 2. The molecule has 2 unspecified atom stereocenters. The van der Waals surface area contributed by atoms with Gasteiger partial charge in [0.15, 0.2) is 0 Å². The van der Waals surface area contributed by atoms with Gasteiger partial charge in [-0.15, -0.1) is 0 Å². The van der Waals surface area contributed by atoms with Crippen LogP contribution in [0.25, 0.3) is 0 Å². The maximum absolute atomic E-state index is 13.1. The zero-order valence-electron chi connectivity index (χ0n) is 16.5. The summed E-state index contributed by atoms with van der Waals surface area (Å²) in [5, 5.41) is 3.17. The average Bonchev–Trinajstić information content (AvgIpc) is 2.74. The third kappa shape index (κ3) is 5.27. The largest absolute Gasteiger partial charge is 0.354 e. The van der Waals surface area contributed by atoms with Gasteiger partial charge >= 0.3 is 0 Å². The van der Waals surface area contributed by atoms with E-state index in [4.69, 9.17) is 0 Å². The molecule has 0 spiro atoms. The van der Waals surface area contributed by atoms with Crippen LogP contribution >= 0.6 is 0 Å². The van der Waals surface area contributed by atoms with Crippen LogP contribution in [0.1, 0.15) is 28.8 Å². The lowest BCUT2D eigenvalue weighted by Gasteiger charge is -2.26. The molecule has 144 valence electrons. The first-order valence-electron chi connectivity index (χ1n) is 9.59. The molecule has 0 aliphatic carbocycles. The first-order valence-corrected chi connectivity index (χ1v) is 9.59. The summed E-state index contributed by atoms with van der Waals surface area (Å²) in [6.45, 7) is 0.557. The van der Waals surface area contributed by atoms with Crippen LogP contribution in [0.4, 0.5) is 0 Å². The van der Waals surface area contributed by atoms with Gasteiger partial charge < -0.3 is 10.2 Å². The number of carbonyl (C=O) groups excluding carboxylic acids is 1. The molecule has 1 N–H and O–H groups in total. The summed E-state index contributed by atoms with van der Waals surface area (Å²) < 4.78 is 0. The highest BCUT2D eigenvalue weighted by molar-refractivity contribution is 5.84. The number of carbonyl (C=O) groups is 1. The minimum Gasteiger partial charge on any atom is -0.354 e. The molecule has 0 saturated heterocycles. The van der Waals surface area contributed by atoms with Gasteiger partial charge in [-0.1, -0.05) is 66.7 Å². The molecule has 4 heteroatoms. The lowest BCUT2D eigenvalue weighted by atomic mass is 9.93. The van der Waals surface area contributed by atoms with E-state index in [1.807, 2.05) is 80.8 Å². The van der Waals surface area contributed by atoms with Crippen molar-refractivity contribution in [1.82, 2.24) is 15.2 Å². The van der Waals surface area contributed by atoms with Crippen molar-refractivity contribution in [2.24, 2.45) is 0 Å². The number of rotatable bonds is 8. The quantitative estimate of drug-likeness (QED) is 0.653. The van der Waals surface area contributed by atoms with E-state index in [1.165, 1.54) is 5.56 Å². The predicted molar refractivity (Wildman–Crippen MR) is 113 cm³/mol. The molecule has 0 bridgehead atoms. The third-order valence-electron chi connectivity index (χ3n) is 4.94. The Hall–Kier alpha value is -2.98. The number of nitrogens with one attached hydrogen (secondary N) is 1. The maximum Gasteiger partial charge on any atom is 0.228 e. The summed E-state index contributed by atoms with van der Waals surface area (Å²) in [7, 11) is 4.07. The second kappa shape index (κ2) is 9.81. The molecule has 4 nitrogen and oxygen atoms in total. The molecule has 0 saturated carbocycles. The topological polar surface area (TPSA) is 45.2 Å². The molecule has 0 radical (unpaired) electrons. The van der Waals surface area contributed by atoms with Crippen LogP contribution < -0.4 is 5.32 Å². The van der Waals surface area contributed by atoms with Gasteiger partial charge in [-0.05, 0) is 37.4 Å². The Kier molecular flexibility index (Phi) is 6.93. The summed E-state index contributed by atoms with van der Waals surface area (Å²) in [5.41, 5.74) is 3.11. The molecule has 3 rings (SSSR count). The van der Waals surface area contributed by atoms with Gasteiger partial charge in [0, 0.05) is 24.9 Å². The zero-order chi connectivity index (χ0) is 19.8. The lowest BCUT2D eigenvalue weighted by Crippen LogP contribution is -2.37. The minimum absolute atomic E-state index is 0.0274. The lowest BCUT2D eigenvalue weighted by molar-refractivity contribution is -0.122. The fraction of sp³-hybridized carbons (Fsp3) is 0.250. The Labute approximate surface area is 167 Å². The molecule has 2 atom stereocenters. The van der Waals surface area contributed by atoms with Crippen molar-refractivity contribution >= 4 is 5.91 Å². The molecule has 0 fully saturated rings. The van der Waals surface area contributed by atoms with Crippen molar-refractivity contribution in [2.45, 2.75) is 18.4 Å². The van der Waals surface area contributed by atoms with Crippen molar-refractivity contribution in [3.8, 4) is 0 Å². The van der Waals surface area contributed by atoms with Gasteiger partial charge in [0.25, 0.3) is 0 Å². The van der Waals surface area contributed by atoms with Gasteiger partial charge in [-0.2, -0.15) is 0 Å². The number of pyridine rings is 1. The first kappa shape index (κ1) is 19.8. The molecule has 1 amide bonds. The Morgan fingerprint density at radius 3 is 2.07 bits per heavy atom. The fourth-order valence-corrected chi connectivity index (χ4v) is 3.37. The van der Waals surface area contributed by atoms with E-state index in [1.54, 1.807) is 6.20 Å². The zero-order valence-corrected chi connectivity index (χ0v) is 16.5. The van der Waals surface area contributed by atoms with Crippen LogP contribution in [0.15, 0.2) is 85.1 Å². The van der Waals surface area contributed by atoms with Gasteiger partial charge in [0.1, 0.15) is 0 Å². The van der Waals surface area contributed by atoms with Crippen molar-refractivity contribution in [3.05, 3.63) is 102 Å². The highest BCUT2D eigenvalue weighted by atomic mass is 16.1. The minimum atomic E-state index is -0.269. The number of amides is 1. The van der Waals surface area contributed by atoms with Crippen LogP contribution in [0.2, 0.25) is 0 Å². The van der Waals surface area contributed by atoms with E-state index in [0.29, 0.717) is 13.0 Å².